The van der Waals surface area contributed by atoms with Gasteiger partial charge >= 0.3 is 0 Å². The zero-order valence-electron chi connectivity index (χ0n) is 10.8. The highest BCUT2D eigenvalue weighted by Crippen LogP contribution is 2.25. The Kier molecular flexibility index (Phi) is 24.7. The molecule has 9 heteroatoms. The van der Waals surface area contributed by atoms with Crippen molar-refractivity contribution in [3.05, 3.63) is 0 Å². The number of thiol groups is 2. The molecule has 116 valence electrons. The molecule has 0 spiro atoms. The van der Waals surface area contributed by atoms with Gasteiger partial charge in [-0.1, -0.05) is 54.0 Å². The second-order valence-corrected chi connectivity index (χ2v) is 12.8. The molecule has 0 unspecified atom stereocenters. The van der Waals surface area contributed by atoms with Crippen LogP contribution < -0.4 is 0 Å². The van der Waals surface area contributed by atoms with Crippen molar-refractivity contribution in [1.82, 2.24) is 0 Å². The van der Waals surface area contributed by atoms with Crippen LogP contribution in [-0.4, -0.2) is 57.5 Å². The number of thioether (sulfide) groups is 2. The van der Waals surface area contributed by atoms with Gasteiger partial charge in [0.25, 0.3) is 0 Å². The summed E-state index contributed by atoms with van der Waals surface area (Å²) in [7, 11) is 9.62. The topological polar surface area (TPSA) is 0 Å². The minimum absolute atomic E-state index is 0.991. The second kappa shape index (κ2) is 21.1. The molecule has 0 nitrogen and oxygen atoms in total. The summed E-state index contributed by atoms with van der Waals surface area (Å²) in [4.78, 5) is 0. The van der Waals surface area contributed by atoms with Gasteiger partial charge in [-0.3, -0.25) is 0 Å². The maximum absolute atomic E-state index is 4.19. The third kappa shape index (κ3) is 21.1. The van der Waals surface area contributed by atoms with Crippen LogP contribution in [0.15, 0.2) is 0 Å². The molecular weight excluding hydrogens is 409 g/mol. The van der Waals surface area contributed by atoms with Gasteiger partial charge < -0.3 is 0 Å². The van der Waals surface area contributed by atoms with Crippen LogP contribution in [0.3, 0.4) is 0 Å². The van der Waals surface area contributed by atoms with Crippen molar-refractivity contribution in [1.29, 1.82) is 0 Å². The van der Waals surface area contributed by atoms with E-state index in [1.165, 1.54) is 40.3 Å². The maximum Gasteiger partial charge on any atom is 0.0128 e. The average molecular weight is 431 g/mol. The zero-order chi connectivity index (χ0) is 14.0. The quantitative estimate of drug-likeness (QED) is 0.180. The lowest BCUT2D eigenvalue weighted by molar-refractivity contribution is 1.49. The molecular formula is C10H22S9. The highest BCUT2D eigenvalue weighted by Gasteiger charge is 1.95. The van der Waals surface area contributed by atoms with Crippen LogP contribution in [0.1, 0.15) is 0 Å². The molecule has 0 aliphatic heterocycles. The Morgan fingerprint density at radius 1 is 0.526 bits per heavy atom. The van der Waals surface area contributed by atoms with Gasteiger partial charge in [0.1, 0.15) is 0 Å². The van der Waals surface area contributed by atoms with Gasteiger partial charge in [0.2, 0.25) is 0 Å². The zero-order valence-corrected chi connectivity index (χ0v) is 18.3. The van der Waals surface area contributed by atoms with E-state index in [9.17, 15) is 0 Å². The van der Waals surface area contributed by atoms with Crippen LogP contribution in [0.5, 0.6) is 0 Å². The van der Waals surface area contributed by atoms with Crippen LogP contribution >= 0.6 is 102 Å². The third-order valence-electron chi connectivity index (χ3n) is 1.59. The highest BCUT2D eigenvalue weighted by atomic mass is 33.1. The molecule has 0 saturated carbocycles. The lowest BCUT2D eigenvalue weighted by atomic mass is 10.9. The van der Waals surface area contributed by atoms with Crippen molar-refractivity contribution in [3.8, 4) is 0 Å². The van der Waals surface area contributed by atoms with Gasteiger partial charge in [0, 0.05) is 57.5 Å². The molecule has 0 amide bonds. The van der Waals surface area contributed by atoms with Gasteiger partial charge in [-0.25, -0.2) is 0 Å². The van der Waals surface area contributed by atoms with Crippen molar-refractivity contribution >= 4 is 102 Å². The van der Waals surface area contributed by atoms with E-state index < -0.39 is 0 Å². The Hall–Kier alpha value is 3.15. The van der Waals surface area contributed by atoms with E-state index in [0.717, 1.165) is 17.3 Å². The van der Waals surface area contributed by atoms with E-state index in [0.29, 0.717) is 0 Å². The molecule has 0 fully saturated rings. The summed E-state index contributed by atoms with van der Waals surface area (Å²) in [6, 6.07) is 0. The Labute approximate surface area is 157 Å². The lowest BCUT2D eigenvalue weighted by Crippen LogP contribution is -1.89. The van der Waals surface area contributed by atoms with Gasteiger partial charge in [0.15, 0.2) is 0 Å². The van der Waals surface area contributed by atoms with Gasteiger partial charge in [-0.2, -0.15) is 36.2 Å². The van der Waals surface area contributed by atoms with E-state index in [4.69, 9.17) is 0 Å². The molecule has 0 heterocycles. The molecule has 19 heavy (non-hydrogen) atoms. The average Bonchev–Trinajstić information content (AvgIpc) is 2.43. The summed E-state index contributed by atoms with van der Waals surface area (Å²) in [5.41, 5.74) is 0. The Morgan fingerprint density at radius 2 is 0.947 bits per heavy atom. The summed E-state index contributed by atoms with van der Waals surface area (Å²) in [5, 5.41) is 0. The predicted molar refractivity (Wildman–Crippen MR) is 120 cm³/mol. The molecule has 0 N–H and O–H groups in total. The van der Waals surface area contributed by atoms with Crippen molar-refractivity contribution in [2.75, 3.05) is 57.5 Å². The summed E-state index contributed by atoms with van der Waals surface area (Å²) in [5.74, 6) is 12.2. The number of hydrogen-bond donors (Lipinski definition) is 2. The highest BCUT2D eigenvalue weighted by molar-refractivity contribution is 8.77. The summed E-state index contributed by atoms with van der Waals surface area (Å²) < 4.78 is 0. The van der Waals surface area contributed by atoms with E-state index in [2.05, 4.69) is 36.1 Å². The minimum Gasteiger partial charge on any atom is -0.178 e. The van der Waals surface area contributed by atoms with Gasteiger partial charge in [-0.05, 0) is 0 Å². The first kappa shape index (κ1) is 22.1. The fourth-order valence-electron chi connectivity index (χ4n) is 0.852. The van der Waals surface area contributed by atoms with Crippen LogP contribution in [0.4, 0.5) is 0 Å². The summed E-state index contributed by atoms with van der Waals surface area (Å²) in [6.07, 6.45) is 0. The van der Waals surface area contributed by atoms with Crippen molar-refractivity contribution < 1.29 is 0 Å². The smallest absolute Gasteiger partial charge is 0.0128 e. The standard InChI is InChI=1S/C10H22S9/c11-1-2-16-17-8-5-14-6-10-19-18-9-4-13-3-7-15-12/h11-12H,1-10H2. The molecule has 0 aliphatic rings. The first-order valence-corrected chi connectivity index (χ1v) is 15.9. The fourth-order valence-corrected chi connectivity index (χ4v) is 9.62. The molecule has 0 aromatic heterocycles. The second-order valence-electron chi connectivity index (χ2n) is 3.07. The number of rotatable bonds is 16. The Morgan fingerprint density at radius 3 is 1.37 bits per heavy atom. The van der Waals surface area contributed by atoms with Gasteiger partial charge in [-0.15, -0.1) is 11.7 Å². The molecule has 0 aromatic carbocycles. The first-order chi connectivity index (χ1) is 9.41. The largest absolute Gasteiger partial charge is 0.178 e. The molecule has 0 aliphatic carbocycles. The van der Waals surface area contributed by atoms with E-state index in [1.807, 2.05) is 54.9 Å². The monoisotopic (exact) mass is 430 g/mol. The summed E-state index contributed by atoms with van der Waals surface area (Å²) in [6.45, 7) is 0. The predicted octanol–water partition coefficient (Wildman–Crippen LogP) is 5.72. The Bertz CT molecular complexity index is 142. The van der Waals surface area contributed by atoms with E-state index in [-0.39, 0.29) is 0 Å². The van der Waals surface area contributed by atoms with E-state index >= 15 is 0 Å². The molecule has 0 radical (unpaired) electrons. The molecule has 0 aromatic rings. The first-order valence-electron chi connectivity index (χ1n) is 5.93. The molecule has 0 bridgehead atoms. The third-order valence-corrected chi connectivity index (χ3v) is 10.9. The van der Waals surface area contributed by atoms with Crippen molar-refractivity contribution in [3.63, 3.8) is 0 Å². The maximum atomic E-state index is 4.19. The fraction of sp³-hybridized carbons (Fsp3) is 1.00. The minimum atomic E-state index is 0.991. The molecule has 0 atom stereocenters. The number of hydrogen-bond acceptors (Lipinski definition) is 9. The summed E-state index contributed by atoms with van der Waals surface area (Å²) >= 11 is 12.4. The van der Waals surface area contributed by atoms with Crippen molar-refractivity contribution in [2.24, 2.45) is 0 Å². The SMILES string of the molecule is SCCSSCCSCCSSCCSCCSS. The normalized spacial score (nSPS) is 11.1. The van der Waals surface area contributed by atoms with Gasteiger partial charge in [0.05, 0.1) is 0 Å². The van der Waals surface area contributed by atoms with Crippen LogP contribution in [-0.2, 0) is 0 Å². The molecule has 0 saturated heterocycles. The van der Waals surface area contributed by atoms with Crippen LogP contribution in [0.2, 0.25) is 0 Å². The van der Waals surface area contributed by atoms with Crippen molar-refractivity contribution in [2.45, 2.75) is 0 Å². The van der Waals surface area contributed by atoms with E-state index in [1.54, 1.807) is 10.8 Å². The Balaban J connectivity index is 2.88. The van der Waals surface area contributed by atoms with Crippen LogP contribution in [0.25, 0.3) is 0 Å². The molecule has 0 rings (SSSR count). The van der Waals surface area contributed by atoms with Crippen LogP contribution in [0, 0.1) is 0 Å². The lowest BCUT2D eigenvalue weighted by Gasteiger charge is -2.02.